The maximum atomic E-state index is 14.5. The van der Waals surface area contributed by atoms with Crippen molar-refractivity contribution in [1.82, 2.24) is 19.8 Å². The zero-order valence-corrected chi connectivity index (χ0v) is 41.4. The van der Waals surface area contributed by atoms with E-state index in [-0.39, 0.29) is 28.9 Å². The highest BCUT2D eigenvalue weighted by Gasteiger charge is 2.55. The summed E-state index contributed by atoms with van der Waals surface area (Å²) in [4.78, 5) is 54.5. The minimum absolute atomic E-state index is 0.0328. The molecule has 6 atom stereocenters. The lowest BCUT2D eigenvalue weighted by atomic mass is 10.0. The van der Waals surface area contributed by atoms with Gasteiger partial charge in [0.25, 0.3) is 5.56 Å². The summed E-state index contributed by atoms with van der Waals surface area (Å²) >= 11 is 0. The molecule has 2 aromatic rings. The highest BCUT2D eigenvalue weighted by Crippen LogP contribution is 2.46. The van der Waals surface area contributed by atoms with Gasteiger partial charge in [0.2, 0.25) is 5.91 Å². The number of esters is 1. The van der Waals surface area contributed by atoms with Gasteiger partial charge in [-0.3, -0.25) is 23.5 Å². The molecule has 60 heavy (non-hydrogen) atoms. The van der Waals surface area contributed by atoms with E-state index in [4.69, 9.17) is 28.8 Å². The van der Waals surface area contributed by atoms with Crippen LogP contribution < -0.4 is 32.4 Å². The van der Waals surface area contributed by atoms with Crippen LogP contribution in [0.25, 0.3) is 0 Å². The van der Waals surface area contributed by atoms with E-state index in [0.29, 0.717) is 37.6 Å². The van der Waals surface area contributed by atoms with Crippen LogP contribution >= 0.6 is 0 Å². The van der Waals surface area contributed by atoms with Crippen molar-refractivity contribution in [2.75, 3.05) is 20.2 Å². The zero-order valence-electron chi connectivity index (χ0n) is 39.4. The van der Waals surface area contributed by atoms with Crippen LogP contribution in [0.15, 0.2) is 46.1 Å². The Bertz CT molecular complexity index is 1840. The average Bonchev–Trinajstić information content (AvgIpc) is 3.41. The van der Waals surface area contributed by atoms with Crippen LogP contribution in [-0.2, 0) is 34.5 Å². The quantitative estimate of drug-likeness (QED) is 0.0820. The summed E-state index contributed by atoms with van der Waals surface area (Å²) in [6, 6.07) is 7.14. The predicted octanol–water partition coefficient (Wildman–Crippen LogP) is 6.31. The third-order valence-electron chi connectivity index (χ3n) is 11.9. The molecule has 4 N–H and O–H groups in total. The molecule has 1 aromatic carbocycles. The molecule has 0 spiro atoms. The van der Waals surface area contributed by atoms with Gasteiger partial charge in [-0.05, 0) is 100 Å². The number of methoxy groups -OCH3 is 1. The zero-order chi connectivity index (χ0) is 45.6. The first kappa shape index (κ1) is 51.2. The Balaban J connectivity index is 2.13. The molecular weight excluding hydrogens is 799 g/mol. The van der Waals surface area contributed by atoms with Gasteiger partial charge in [-0.1, -0.05) is 67.5 Å². The average molecular weight is 876 g/mol. The van der Waals surface area contributed by atoms with Gasteiger partial charge in [-0.25, -0.2) is 4.79 Å². The number of amides is 1. The molecule has 1 amide bonds. The summed E-state index contributed by atoms with van der Waals surface area (Å²) < 4.78 is 35.4. The fraction of sp³-hybridized carbons (Fsp3) is 0.727. The van der Waals surface area contributed by atoms with Crippen molar-refractivity contribution in [2.24, 2.45) is 11.7 Å². The molecule has 2 heterocycles. The number of hydrogen-bond acceptors (Lipinski definition) is 11. The number of nitrogens with two attached hydrogens (primary N) is 1. The largest absolute Gasteiger partial charge is 0.497 e. The molecule has 14 nitrogen and oxygen atoms in total. The summed E-state index contributed by atoms with van der Waals surface area (Å²) in [5.74, 6) is 0.283. The Kier molecular flexibility index (Phi) is 17.4. The summed E-state index contributed by atoms with van der Waals surface area (Å²) in [5, 5.41) is 5.88. The molecule has 1 aromatic heterocycles. The van der Waals surface area contributed by atoms with E-state index >= 15 is 0 Å². The lowest BCUT2D eigenvalue weighted by Gasteiger charge is -2.44. The second-order valence-electron chi connectivity index (χ2n) is 20.7. The van der Waals surface area contributed by atoms with Crippen LogP contribution in [0, 0.1) is 5.92 Å². The molecule has 1 aliphatic heterocycles. The SMILES string of the molecule is COc1ccc(Cn2c(=O)ccn([C@@H]3O[C@H](C[C@H](NCCCNC(=O)[C@@H](N)CC(C)C)C(=O)OC(C)(C)C)[C@@H](O[Si](C)(C)C(C)(C)C)[C@H]3O[Si](C)(C)C(C)(C)C)c2=O)cc1. The molecular formula is C44H77N5O9Si2. The van der Waals surface area contributed by atoms with Gasteiger partial charge in [0.15, 0.2) is 22.9 Å². The van der Waals surface area contributed by atoms with Crippen LogP contribution in [0.5, 0.6) is 5.75 Å². The van der Waals surface area contributed by atoms with Gasteiger partial charge in [-0.2, -0.15) is 0 Å². The third kappa shape index (κ3) is 13.9. The lowest BCUT2D eigenvalue weighted by molar-refractivity contribution is -0.159. The number of nitrogens with zero attached hydrogens (tertiary/aromatic N) is 2. The number of carbonyl (C=O) groups excluding carboxylic acids is 2. The number of rotatable bonds is 19. The van der Waals surface area contributed by atoms with Crippen molar-refractivity contribution in [3.05, 3.63) is 62.9 Å². The molecule has 0 saturated carbocycles. The van der Waals surface area contributed by atoms with Crippen molar-refractivity contribution >= 4 is 28.5 Å². The smallest absolute Gasteiger partial charge is 0.333 e. The lowest BCUT2D eigenvalue weighted by Crippen LogP contribution is -2.55. The Morgan fingerprint density at radius 2 is 1.43 bits per heavy atom. The van der Waals surface area contributed by atoms with E-state index in [0.717, 1.165) is 5.56 Å². The van der Waals surface area contributed by atoms with Crippen LogP contribution in [0.3, 0.4) is 0 Å². The molecule has 1 aliphatic rings. The molecule has 340 valence electrons. The second kappa shape index (κ2) is 20.4. The maximum Gasteiger partial charge on any atom is 0.333 e. The maximum absolute atomic E-state index is 14.5. The van der Waals surface area contributed by atoms with E-state index in [9.17, 15) is 19.2 Å². The van der Waals surface area contributed by atoms with Gasteiger partial charge in [-0.15, -0.1) is 0 Å². The minimum Gasteiger partial charge on any atom is -0.497 e. The van der Waals surface area contributed by atoms with Gasteiger partial charge in [0, 0.05) is 25.2 Å². The molecule has 0 bridgehead atoms. The normalized spacial score (nSPS) is 20.2. The Morgan fingerprint density at radius 1 is 0.867 bits per heavy atom. The van der Waals surface area contributed by atoms with Gasteiger partial charge in [0.05, 0.1) is 25.8 Å². The number of hydrogen-bond donors (Lipinski definition) is 3. The van der Waals surface area contributed by atoms with Crippen LogP contribution in [0.2, 0.25) is 36.3 Å². The van der Waals surface area contributed by atoms with E-state index in [1.807, 2.05) is 46.8 Å². The first-order chi connectivity index (χ1) is 27.5. The molecule has 0 radical (unpaired) electrons. The van der Waals surface area contributed by atoms with Gasteiger partial charge < -0.3 is 39.4 Å². The van der Waals surface area contributed by atoms with E-state index in [1.165, 1.54) is 21.4 Å². The fourth-order valence-corrected chi connectivity index (χ4v) is 9.00. The van der Waals surface area contributed by atoms with Crippen LogP contribution in [0.1, 0.15) is 107 Å². The number of nitrogens with one attached hydrogen (secondary N) is 2. The summed E-state index contributed by atoms with van der Waals surface area (Å²) in [6.45, 7) is 31.8. The molecule has 16 heteroatoms. The Morgan fingerprint density at radius 3 is 1.95 bits per heavy atom. The topological polar surface area (TPSA) is 174 Å². The number of ether oxygens (including phenoxy) is 3. The number of benzene rings is 1. The summed E-state index contributed by atoms with van der Waals surface area (Å²) in [6.07, 6.45) is -0.509. The fourth-order valence-electron chi connectivity index (χ4n) is 6.40. The van der Waals surface area contributed by atoms with Crippen molar-refractivity contribution in [3.8, 4) is 5.75 Å². The standard InChI is InChI=1S/C44H77N5O9Si2/c1-29(2)26-32(45)38(51)47-24-17-23-46-33(40(52)56-42(3,4)5)27-34-36(57-59(13,14)43(6,7)8)37(58-60(15,16)44(9,10)11)39(55-34)48-25-22-35(50)49(41(48)53)28-30-18-20-31(54-12)21-19-30/h18-22,25,29,32-34,36-37,39,46H,17,23-24,26-28,45H2,1-16H3,(H,47,51)/t32-,33-,34+,36+,37+,39+/m0/s1. The summed E-state index contributed by atoms with van der Waals surface area (Å²) in [5.41, 5.74) is 5.05. The molecule has 3 rings (SSSR count). The summed E-state index contributed by atoms with van der Waals surface area (Å²) in [7, 11) is -3.58. The predicted molar refractivity (Wildman–Crippen MR) is 242 cm³/mol. The Labute approximate surface area is 360 Å². The van der Waals surface area contributed by atoms with E-state index in [2.05, 4.69) is 78.4 Å². The number of carbonyl (C=O) groups is 2. The van der Waals surface area contributed by atoms with Crippen molar-refractivity contribution in [1.29, 1.82) is 0 Å². The second-order valence-corrected chi connectivity index (χ2v) is 30.2. The van der Waals surface area contributed by atoms with Crippen LogP contribution in [-0.4, -0.2) is 93.8 Å². The van der Waals surface area contributed by atoms with Crippen molar-refractivity contribution in [2.45, 2.75) is 180 Å². The van der Waals surface area contributed by atoms with Crippen molar-refractivity contribution < 1.29 is 32.7 Å². The van der Waals surface area contributed by atoms with E-state index in [1.54, 1.807) is 19.2 Å². The highest BCUT2D eigenvalue weighted by molar-refractivity contribution is 6.74. The van der Waals surface area contributed by atoms with Crippen LogP contribution in [0.4, 0.5) is 0 Å². The minimum atomic E-state index is -2.59. The highest BCUT2D eigenvalue weighted by atomic mass is 28.4. The molecule has 0 aliphatic carbocycles. The van der Waals surface area contributed by atoms with Gasteiger partial charge >= 0.3 is 11.7 Å². The number of aromatic nitrogens is 2. The molecule has 1 saturated heterocycles. The first-order valence-electron chi connectivity index (χ1n) is 21.4. The van der Waals surface area contributed by atoms with Gasteiger partial charge in [0.1, 0.15) is 29.6 Å². The molecule has 1 fully saturated rings. The van der Waals surface area contributed by atoms with E-state index < -0.39 is 76.1 Å². The monoisotopic (exact) mass is 876 g/mol. The first-order valence-corrected chi connectivity index (χ1v) is 27.2. The molecule has 0 unspecified atom stereocenters. The third-order valence-corrected chi connectivity index (χ3v) is 20.8. The Hall–Kier alpha value is -3.13. The van der Waals surface area contributed by atoms with Crippen molar-refractivity contribution in [3.63, 3.8) is 0 Å².